The van der Waals surface area contributed by atoms with Crippen LogP contribution >= 0.6 is 11.3 Å². The predicted molar refractivity (Wildman–Crippen MR) is 156 cm³/mol. The molecule has 40 heavy (non-hydrogen) atoms. The Labute approximate surface area is 237 Å². The monoisotopic (exact) mass is 557 g/mol. The van der Waals surface area contributed by atoms with Gasteiger partial charge in [-0.2, -0.15) is 0 Å². The minimum absolute atomic E-state index is 0.186. The zero-order valence-electron chi connectivity index (χ0n) is 22.3. The maximum absolute atomic E-state index is 13.6. The Morgan fingerprint density at radius 1 is 1.05 bits per heavy atom. The number of likely N-dealkylation sites (tertiary alicyclic amines) is 1. The first-order valence-corrected chi connectivity index (χ1v) is 14.9. The summed E-state index contributed by atoms with van der Waals surface area (Å²) < 4.78 is 20.0. The van der Waals surface area contributed by atoms with Crippen molar-refractivity contribution in [3.05, 3.63) is 71.9 Å². The molecule has 8 rings (SSSR count). The summed E-state index contributed by atoms with van der Waals surface area (Å²) in [5.74, 6) is 1.14. The van der Waals surface area contributed by atoms with Gasteiger partial charge in [-0.25, -0.2) is 14.4 Å². The lowest BCUT2D eigenvalue weighted by Crippen LogP contribution is -2.52. The summed E-state index contributed by atoms with van der Waals surface area (Å²) >= 11 is 1.50. The van der Waals surface area contributed by atoms with E-state index in [1.54, 1.807) is 0 Å². The van der Waals surface area contributed by atoms with Crippen LogP contribution in [0, 0.1) is 5.92 Å². The molecule has 1 N–H and O–H groups in total. The molecule has 6 heterocycles. The lowest BCUT2D eigenvalue weighted by atomic mass is 9.86. The Hall–Kier alpha value is -3.40. The van der Waals surface area contributed by atoms with E-state index >= 15 is 0 Å². The molecule has 2 aromatic heterocycles. The second kappa shape index (κ2) is 10.9. The number of aromatic nitrogens is 2. The third-order valence-corrected chi connectivity index (χ3v) is 9.32. The number of hydrogen-bond donors (Lipinski definition) is 1. The van der Waals surface area contributed by atoms with Crippen LogP contribution in [0.4, 0.5) is 10.1 Å². The summed E-state index contributed by atoms with van der Waals surface area (Å²) in [6, 6.07) is 17.2. The average molecular weight is 558 g/mol. The summed E-state index contributed by atoms with van der Waals surface area (Å²) in [5, 5.41) is 3.88. The second-order valence-electron chi connectivity index (χ2n) is 11.1. The van der Waals surface area contributed by atoms with Gasteiger partial charge in [0.25, 0.3) is 5.91 Å². The van der Waals surface area contributed by atoms with Crippen LogP contribution in [0.3, 0.4) is 0 Å². The molecule has 0 spiro atoms. The lowest BCUT2D eigenvalue weighted by molar-refractivity contribution is -0.00778. The number of nitrogens with zero attached hydrogens (tertiary/aromatic N) is 4. The number of carbonyl (C=O) groups is 1. The first-order chi connectivity index (χ1) is 19.6. The number of benzene rings is 2. The summed E-state index contributed by atoms with van der Waals surface area (Å²) in [6.45, 7) is 5.20. The fraction of sp³-hybridized carbons (Fsp3) is 0.387. The van der Waals surface area contributed by atoms with Gasteiger partial charge in [-0.05, 0) is 80.2 Å². The molecule has 4 saturated heterocycles. The van der Waals surface area contributed by atoms with Crippen molar-refractivity contribution in [2.24, 2.45) is 5.92 Å². The SMILES string of the molecule is O=C(Nc1ccccc1-c1nc2cc(CN3CCC(F)C3)cnc2s1)c1cccc(OC2CN3CCC2CC3)c1. The Bertz CT molecular complexity index is 1540. The van der Waals surface area contributed by atoms with E-state index in [2.05, 4.69) is 20.1 Å². The van der Waals surface area contributed by atoms with Crippen molar-refractivity contribution in [3.63, 3.8) is 0 Å². The maximum Gasteiger partial charge on any atom is 0.255 e. The molecule has 0 aliphatic carbocycles. The molecule has 4 aliphatic heterocycles. The fourth-order valence-corrected chi connectivity index (χ4v) is 7.09. The van der Waals surface area contributed by atoms with Gasteiger partial charge in [0, 0.05) is 43.5 Å². The molecule has 7 nitrogen and oxygen atoms in total. The third kappa shape index (κ3) is 5.33. The van der Waals surface area contributed by atoms with E-state index in [4.69, 9.17) is 9.72 Å². The predicted octanol–water partition coefficient (Wildman–Crippen LogP) is 5.63. The largest absolute Gasteiger partial charge is 0.489 e. The quantitative estimate of drug-likeness (QED) is 0.318. The van der Waals surface area contributed by atoms with Crippen LogP contribution in [-0.2, 0) is 6.54 Å². The molecule has 4 fully saturated rings. The van der Waals surface area contributed by atoms with Crippen molar-refractivity contribution in [1.29, 1.82) is 0 Å². The van der Waals surface area contributed by atoms with E-state index in [9.17, 15) is 9.18 Å². The van der Waals surface area contributed by atoms with Crippen LogP contribution in [0.5, 0.6) is 5.75 Å². The smallest absolute Gasteiger partial charge is 0.255 e. The molecule has 2 atom stereocenters. The van der Waals surface area contributed by atoms with Gasteiger partial charge in [0.2, 0.25) is 0 Å². The van der Waals surface area contributed by atoms with Crippen LogP contribution in [0.1, 0.15) is 35.2 Å². The number of alkyl halides is 1. The van der Waals surface area contributed by atoms with E-state index in [1.165, 1.54) is 24.2 Å². The molecule has 4 aliphatic rings. The van der Waals surface area contributed by atoms with E-state index in [-0.39, 0.29) is 12.0 Å². The van der Waals surface area contributed by atoms with Gasteiger partial charge in [0.15, 0.2) is 0 Å². The molecule has 206 valence electrons. The van der Waals surface area contributed by atoms with Gasteiger partial charge in [0.05, 0.1) is 5.69 Å². The number of amides is 1. The number of thiazole rings is 1. The highest BCUT2D eigenvalue weighted by atomic mass is 32.1. The van der Waals surface area contributed by atoms with Crippen LogP contribution < -0.4 is 10.1 Å². The van der Waals surface area contributed by atoms with Crippen molar-refractivity contribution in [1.82, 2.24) is 19.8 Å². The number of nitrogens with one attached hydrogen (secondary N) is 1. The lowest BCUT2D eigenvalue weighted by Gasteiger charge is -2.44. The molecule has 1 amide bonds. The first kappa shape index (κ1) is 25.6. The number of fused-ring (bicyclic) bond motifs is 4. The van der Waals surface area contributed by atoms with E-state index in [0.717, 1.165) is 58.4 Å². The third-order valence-electron chi connectivity index (χ3n) is 8.31. The second-order valence-corrected chi connectivity index (χ2v) is 12.1. The van der Waals surface area contributed by atoms with Crippen molar-refractivity contribution in [3.8, 4) is 16.3 Å². The van der Waals surface area contributed by atoms with Crippen molar-refractivity contribution >= 4 is 33.3 Å². The standard InChI is InChI=1S/C31H32FN5O2S/c32-23-10-13-37(18-23)17-20-14-27-31(33-16-20)40-30(35-27)25-6-1-2-7-26(25)34-29(38)22-4-3-5-24(15-22)39-28-19-36-11-8-21(28)9-12-36/h1-7,14-16,21,23,28H,8-13,17-19H2,(H,34,38). The number of piperidine rings is 3. The number of hydrogen-bond acceptors (Lipinski definition) is 7. The molecule has 9 heteroatoms. The average Bonchev–Trinajstić information content (AvgIpc) is 3.59. The van der Waals surface area contributed by atoms with Crippen molar-refractivity contribution < 1.29 is 13.9 Å². The zero-order valence-corrected chi connectivity index (χ0v) is 23.1. The van der Waals surface area contributed by atoms with Crippen molar-refractivity contribution in [2.75, 3.05) is 38.0 Å². The Kier molecular flexibility index (Phi) is 6.95. The minimum Gasteiger partial charge on any atom is -0.489 e. The zero-order chi connectivity index (χ0) is 27.1. The molecule has 0 saturated carbocycles. The van der Waals surface area contributed by atoms with Gasteiger partial charge in [-0.3, -0.25) is 14.6 Å². The molecular formula is C31H32FN5O2S. The molecular weight excluding hydrogens is 525 g/mol. The first-order valence-electron chi connectivity index (χ1n) is 14.1. The number of rotatable bonds is 7. The highest BCUT2D eigenvalue weighted by molar-refractivity contribution is 7.21. The van der Waals surface area contributed by atoms with Gasteiger partial charge in [-0.1, -0.05) is 29.5 Å². The number of anilines is 1. The van der Waals surface area contributed by atoms with E-state index < -0.39 is 6.17 Å². The summed E-state index contributed by atoms with van der Waals surface area (Å²) in [5.41, 5.74) is 3.94. The van der Waals surface area contributed by atoms with E-state index in [0.29, 0.717) is 36.7 Å². The van der Waals surface area contributed by atoms with Crippen molar-refractivity contribution in [2.45, 2.75) is 38.1 Å². The number of ether oxygens (including phenoxy) is 1. The Balaban J connectivity index is 1.08. The van der Waals surface area contributed by atoms with Crippen LogP contribution in [0.2, 0.25) is 0 Å². The van der Waals surface area contributed by atoms with Crippen LogP contribution in [-0.4, -0.2) is 70.7 Å². The summed E-state index contributed by atoms with van der Waals surface area (Å²) in [6.07, 6.45) is 4.26. The van der Waals surface area contributed by atoms with E-state index in [1.807, 2.05) is 60.8 Å². The minimum atomic E-state index is -0.741. The number of carbonyl (C=O) groups excluding carboxylic acids is 1. The number of pyridine rings is 1. The normalized spacial score (nSPS) is 24.4. The summed E-state index contributed by atoms with van der Waals surface area (Å²) in [4.78, 5) is 28.2. The van der Waals surface area contributed by atoms with Gasteiger partial charge in [-0.15, -0.1) is 0 Å². The fourth-order valence-electron chi connectivity index (χ4n) is 6.16. The van der Waals surface area contributed by atoms with Gasteiger partial charge in [0.1, 0.15) is 33.4 Å². The Morgan fingerprint density at radius 3 is 2.73 bits per heavy atom. The molecule has 2 unspecified atom stereocenters. The van der Waals surface area contributed by atoms with Gasteiger partial charge < -0.3 is 10.1 Å². The Morgan fingerprint density at radius 2 is 1.93 bits per heavy atom. The number of halogens is 1. The highest BCUT2D eigenvalue weighted by Crippen LogP contribution is 2.35. The summed E-state index contributed by atoms with van der Waals surface area (Å²) in [7, 11) is 0. The molecule has 4 aromatic rings. The molecule has 2 bridgehead atoms. The topological polar surface area (TPSA) is 70.6 Å². The molecule has 2 aromatic carbocycles. The van der Waals surface area contributed by atoms with Gasteiger partial charge >= 0.3 is 0 Å². The van der Waals surface area contributed by atoms with Crippen LogP contribution in [0.25, 0.3) is 20.9 Å². The van der Waals surface area contributed by atoms with Crippen LogP contribution in [0.15, 0.2) is 60.8 Å². The molecule has 0 radical (unpaired) electrons. The highest BCUT2D eigenvalue weighted by Gasteiger charge is 2.35. The number of para-hydroxylation sites is 1. The maximum atomic E-state index is 13.6.